The van der Waals surface area contributed by atoms with Crippen LogP contribution >= 0.6 is 0 Å². The summed E-state index contributed by atoms with van der Waals surface area (Å²) in [6.45, 7) is 8.19. The molecule has 4 heteroatoms. The Labute approximate surface area is 105 Å². The van der Waals surface area contributed by atoms with Crippen LogP contribution in [0, 0.1) is 0 Å². The zero-order chi connectivity index (χ0) is 12.1. The van der Waals surface area contributed by atoms with E-state index in [9.17, 15) is 0 Å². The average molecular weight is 242 g/mol. The number of hydrogen-bond donors (Lipinski definition) is 1. The summed E-state index contributed by atoms with van der Waals surface area (Å²) in [7, 11) is 0. The third-order valence-electron chi connectivity index (χ3n) is 3.76. The molecule has 4 nitrogen and oxygen atoms in total. The Bertz CT molecular complexity index is 217. The van der Waals surface area contributed by atoms with Crippen molar-refractivity contribution in [2.45, 2.75) is 57.8 Å². The number of nitrogens with one attached hydrogen (secondary N) is 1. The Kier molecular flexibility index (Phi) is 5.22. The summed E-state index contributed by atoms with van der Waals surface area (Å²) >= 11 is 0. The van der Waals surface area contributed by atoms with Crippen molar-refractivity contribution in [1.82, 2.24) is 10.4 Å². The number of morpholine rings is 1. The van der Waals surface area contributed by atoms with E-state index in [0.29, 0.717) is 12.1 Å². The Hall–Kier alpha value is -0.160. The summed E-state index contributed by atoms with van der Waals surface area (Å²) in [6.07, 6.45) is 5.74. The molecule has 1 N–H and O–H groups in total. The van der Waals surface area contributed by atoms with E-state index in [0.717, 1.165) is 26.2 Å². The van der Waals surface area contributed by atoms with Crippen LogP contribution in [0.25, 0.3) is 0 Å². The van der Waals surface area contributed by atoms with Crippen LogP contribution in [-0.4, -0.2) is 49.4 Å². The lowest BCUT2D eigenvalue weighted by Crippen LogP contribution is -2.49. The first-order valence-electron chi connectivity index (χ1n) is 7.00. The Morgan fingerprint density at radius 2 is 2.12 bits per heavy atom. The minimum Gasteiger partial charge on any atom is -0.374 e. The SMILES string of the molecule is CC(C)N1CCOC(CNOC2CCCC2)C1. The third kappa shape index (κ3) is 4.21. The van der Waals surface area contributed by atoms with Crippen LogP contribution in [0.4, 0.5) is 0 Å². The maximum Gasteiger partial charge on any atom is 0.0850 e. The molecule has 2 fully saturated rings. The molecule has 1 heterocycles. The lowest BCUT2D eigenvalue weighted by Gasteiger charge is -2.35. The van der Waals surface area contributed by atoms with E-state index in [-0.39, 0.29) is 6.10 Å². The maximum atomic E-state index is 5.74. The molecule has 17 heavy (non-hydrogen) atoms. The lowest BCUT2D eigenvalue weighted by atomic mass is 10.2. The molecule has 1 unspecified atom stereocenters. The molecule has 1 aliphatic heterocycles. The zero-order valence-corrected chi connectivity index (χ0v) is 11.2. The first-order valence-corrected chi connectivity index (χ1v) is 7.00. The van der Waals surface area contributed by atoms with Gasteiger partial charge >= 0.3 is 0 Å². The van der Waals surface area contributed by atoms with E-state index in [1.54, 1.807) is 0 Å². The van der Waals surface area contributed by atoms with Crippen molar-refractivity contribution in [3.63, 3.8) is 0 Å². The summed E-state index contributed by atoms with van der Waals surface area (Å²) in [6, 6.07) is 0.608. The van der Waals surface area contributed by atoms with Gasteiger partial charge in [0.1, 0.15) is 0 Å². The van der Waals surface area contributed by atoms with Gasteiger partial charge in [-0.1, -0.05) is 12.8 Å². The summed E-state index contributed by atoms with van der Waals surface area (Å²) in [4.78, 5) is 8.12. The van der Waals surface area contributed by atoms with E-state index in [2.05, 4.69) is 24.2 Å². The van der Waals surface area contributed by atoms with Crippen LogP contribution < -0.4 is 5.48 Å². The number of rotatable bonds is 5. The fraction of sp³-hybridized carbons (Fsp3) is 1.00. The number of hydrogen-bond acceptors (Lipinski definition) is 4. The Balaban J connectivity index is 1.61. The molecule has 0 aromatic carbocycles. The molecule has 0 aromatic heterocycles. The molecule has 0 bridgehead atoms. The summed E-state index contributed by atoms with van der Waals surface area (Å²) in [5, 5.41) is 0. The minimum atomic E-state index is 0.271. The fourth-order valence-electron chi connectivity index (χ4n) is 2.60. The van der Waals surface area contributed by atoms with Crippen molar-refractivity contribution in [3.05, 3.63) is 0 Å². The number of hydroxylamine groups is 1. The smallest absolute Gasteiger partial charge is 0.0850 e. The molecular formula is C13H26N2O2. The minimum absolute atomic E-state index is 0.271. The van der Waals surface area contributed by atoms with E-state index in [1.807, 2.05) is 0 Å². The molecule has 2 aliphatic rings. The summed E-state index contributed by atoms with van der Waals surface area (Å²) < 4.78 is 5.74. The van der Waals surface area contributed by atoms with Crippen molar-refractivity contribution in [3.8, 4) is 0 Å². The van der Waals surface area contributed by atoms with Crippen LogP contribution in [0.15, 0.2) is 0 Å². The highest BCUT2D eigenvalue weighted by Gasteiger charge is 2.22. The van der Waals surface area contributed by atoms with Crippen LogP contribution in [0.2, 0.25) is 0 Å². The van der Waals surface area contributed by atoms with Gasteiger partial charge in [0.05, 0.1) is 18.8 Å². The molecule has 2 rings (SSSR count). The van der Waals surface area contributed by atoms with Gasteiger partial charge in [0, 0.05) is 25.7 Å². The highest BCUT2D eigenvalue weighted by atomic mass is 16.7. The van der Waals surface area contributed by atoms with Crippen LogP contribution in [0.3, 0.4) is 0 Å². The quantitative estimate of drug-likeness (QED) is 0.742. The van der Waals surface area contributed by atoms with Crippen molar-refractivity contribution >= 4 is 0 Å². The standard InChI is InChI=1S/C13H26N2O2/c1-11(2)15-7-8-16-13(10-15)9-14-17-12-5-3-4-6-12/h11-14H,3-10H2,1-2H3. The Morgan fingerprint density at radius 3 is 2.82 bits per heavy atom. The van der Waals surface area contributed by atoms with Gasteiger partial charge in [-0.3, -0.25) is 9.74 Å². The lowest BCUT2D eigenvalue weighted by molar-refractivity contribution is -0.0792. The van der Waals surface area contributed by atoms with Gasteiger partial charge in [-0.2, -0.15) is 5.48 Å². The molecule has 1 saturated heterocycles. The number of ether oxygens (including phenoxy) is 1. The van der Waals surface area contributed by atoms with Crippen LogP contribution in [0.1, 0.15) is 39.5 Å². The van der Waals surface area contributed by atoms with Gasteiger partial charge in [-0.15, -0.1) is 0 Å². The highest BCUT2D eigenvalue weighted by Crippen LogP contribution is 2.19. The predicted octanol–water partition coefficient (Wildman–Crippen LogP) is 1.56. The van der Waals surface area contributed by atoms with E-state index >= 15 is 0 Å². The molecule has 0 amide bonds. The van der Waals surface area contributed by atoms with Gasteiger partial charge in [-0.05, 0) is 26.7 Å². The van der Waals surface area contributed by atoms with E-state index in [4.69, 9.17) is 9.57 Å². The largest absolute Gasteiger partial charge is 0.374 e. The average Bonchev–Trinajstić information content (AvgIpc) is 2.82. The highest BCUT2D eigenvalue weighted by molar-refractivity contribution is 4.75. The monoisotopic (exact) mass is 242 g/mol. The summed E-state index contributed by atoms with van der Waals surface area (Å²) in [5.41, 5.74) is 3.10. The predicted molar refractivity (Wildman–Crippen MR) is 67.8 cm³/mol. The second kappa shape index (κ2) is 6.69. The van der Waals surface area contributed by atoms with E-state index in [1.165, 1.54) is 25.7 Å². The van der Waals surface area contributed by atoms with Gasteiger partial charge in [0.2, 0.25) is 0 Å². The topological polar surface area (TPSA) is 33.7 Å². The second-order valence-electron chi connectivity index (χ2n) is 5.45. The molecule has 0 radical (unpaired) electrons. The third-order valence-corrected chi connectivity index (χ3v) is 3.76. The van der Waals surface area contributed by atoms with Crippen LogP contribution in [-0.2, 0) is 9.57 Å². The molecular weight excluding hydrogens is 216 g/mol. The molecule has 1 saturated carbocycles. The molecule has 1 aliphatic carbocycles. The molecule has 100 valence electrons. The maximum absolute atomic E-state index is 5.74. The van der Waals surface area contributed by atoms with Gasteiger partial charge in [-0.25, -0.2) is 0 Å². The van der Waals surface area contributed by atoms with Gasteiger partial charge in [0.25, 0.3) is 0 Å². The summed E-state index contributed by atoms with van der Waals surface area (Å²) in [5.74, 6) is 0. The normalized spacial score (nSPS) is 28.1. The van der Waals surface area contributed by atoms with Gasteiger partial charge < -0.3 is 4.74 Å². The number of nitrogens with zero attached hydrogens (tertiary/aromatic N) is 1. The van der Waals surface area contributed by atoms with Gasteiger partial charge in [0.15, 0.2) is 0 Å². The fourth-order valence-corrected chi connectivity index (χ4v) is 2.60. The first kappa shape index (κ1) is 13.3. The van der Waals surface area contributed by atoms with Crippen molar-refractivity contribution < 1.29 is 9.57 Å². The zero-order valence-electron chi connectivity index (χ0n) is 11.2. The first-order chi connectivity index (χ1) is 8.25. The Morgan fingerprint density at radius 1 is 1.35 bits per heavy atom. The second-order valence-corrected chi connectivity index (χ2v) is 5.45. The van der Waals surface area contributed by atoms with Crippen molar-refractivity contribution in [1.29, 1.82) is 0 Å². The molecule has 1 atom stereocenters. The van der Waals surface area contributed by atoms with Crippen molar-refractivity contribution in [2.75, 3.05) is 26.2 Å². The van der Waals surface area contributed by atoms with E-state index < -0.39 is 0 Å². The molecule has 0 spiro atoms. The van der Waals surface area contributed by atoms with Crippen molar-refractivity contribution in [2.24, 2.45) is 0 Å². The van der Waals surface area contributed by atoms with Crippen LogP contribution in [0.5, 0.6) is 0 Å². The molecule has 0 aromatic rings.